The molecule has 0 spiro atoms. The molecule has 3 rings (SSSR count). The summed E-state index contributed by atoms with van der Waals surface area (Å²) in [5, 5.41) is 0. The van der Waals surface area contributed by atoms with E-state index in [-0.39, 0.29) is 12.2 Å². The maximum absolute atomic E-state index is 6.11. The minimum atomic E-state index is -0.429. The average Bonchev–Trinajstić information content (AvgIpc) is 2.45. The molecule has 1 aromatic rings. The Hall–Kier alpha value is -0.660. The van der Waals surface area contributed by atoms with Crippen LogP contribution in [0.1, 0.15) is 6.92 Å². The molecule has 2 saturated heterocycles. The zero-order chi connectivity index (χ0) is 15.4. The highest BCUT2D eigenvalue weighted by molar-refractivity contribution is 9.10. The van der Waals surface area contributed by atoms with Crippen molar-refractivity contribution in [2.75, 3.05) is 39.6 Å². The lowest BCUT2D eigenvalue weighted by Crippen LogP contribution is -2.52. The summed E-state index contributed by atoms with van der Waals surface area (Å²) in [5.41, 5.74) is -0.429. The van der Waals surface area contributed by atoms with Gasteiger partial charge in [-0.1, -0.05) is 15.9 Å². The topological polar surface area (TPSA) is 46.2 Å². The average molecular weight is 373 g/mol. The van der Waals surface area contributed by atoms with Crippen LogP contribution in [0.25, 0.3) is 0 Å². The largest absolute Gasteiger partial charge is 0.491 e. The molecule has 5 nitrogen and oxygen atoms in total. The first kappa shape index (κ1) is 16.2. The zero-order valence-electron chi connectivity index (χ0n) is 12.6. The van der Waals surface area contributed by atoms with Crippen LogP contribution in [0.2, 0.25) is 0 Å². The van der Waals surface area contributed by atoms with Crippen LogP contribution in [0.3, 0.4) is 0 Å². The highest BCUT2D eigenvalue weighted by atomic mass is 79.9. The lowest BCUT2D eigenvalue weighted by atomic mass is 10.1. The fraction of sp³-hybridized carbons (Fsp3) is 0.625. The van der Waals surface area contributed by atoms with Crippen molar-refractivity contribution >= 4 is 15.9 Å². The zero-order valence-corrected chi connectivity index (χ0v) is 14.2. The molecular formula is C16H21BrO5. The molecule has 0 radical (unpaired) electrons. The Kier molecular flexibility index (Phi) is 5.36. The number of hydrogen-bond acceptors (Lipinski definition) is 5. The molecule has 0 N–H and O–H groups in total. The predicted octanol–water partition coefficient (Wildman–Crippen LogP) is 2.42. The summed E-state index contributed by atoms with van der Waals surface area (Å²) in [4.78, 5) is 0. The maximum Gasteiger partial charge on any atom is 0.119 e. The molecule has 1 aromatic carbocycles. The van der Waals surface area contributed by atoms with E-state index in [9.17, 15) is 0 Å². The first-order valence-corrected chi connectivity index (χ1v) is 8.26. The summed E-state index contributed by atoms with van der Waals surface area (Å²) in [7, 11) is 0. The van der Waals surface area contributed by atoms with Crippen molar-refractivity contribution in [2.45, 2.75) is 24.7 Å². The van der Waals surface area contributed by atoms with E-state index >= 15 is 0 Å². The molecule has 0 aromatic heterocycles. The summed E-state index contributed by atoms with van der Waals surface area (Å²) in [6, 6.07) is 7.75. The molecule has 0 aliphatic carbocycles. The molecule has 0 bridgehead atoms. The Morgan fingerprint density at radius 2 is 1.95 bits per heavy atom. The van der Waals surface area contributed by atoms with Gasteiger partial charge in [-0.2, -0.15) is 0 Å². The van der Waals surface area contributed by atoms with Crippen molar-refractivity contribution in [3.8, 4) is 5.75 Å². The molecule has 2 fully saturated rings. The van der Waals surface area contributed by atoms with Crippen molar-refractivity contribution in [1.29, 1.82) is 0 Å². The van der Waals surface area contributed by atoms with Gasteiger partial charge in [-0.25, -0.2) is 0 Å². The molecule has 122 valence electrons. The van der Waals surface area contributed by atoms with Crippen molar-refractivity contribution in [3.05, 3.63) is 28.7 Å². The number of halogens is 1. The molecule has 0 saturated carbocycles. The number of rotatable bonds is 6. The van der Waals surface area contributed by atoms with Gasteiger partial charge in [0.2, 0.25) is 0 Å². The standard InChI is InChI=1S/C16H21BrO5/c1-16(11-21-14-6-18-7-14)10-19-8-15(22-16)9-20-13-4-2-12(17)3-5-13/h2-5,14-15H,6-11H2,1H3/t15?,16-/m0/s1. The molecule has 2 heterocycles. The molecule has 2 atom stereocenters. The maximum atomic E-state index is 6.11. The first-order valence-electron chi connectivity index (χ1n) is 7.46. The van der Waals surface area contributed by atoms with Gasteiger partial charge in [-0.05, 0) is 31.2 Å². The highest BCUT2D eigenvalue weighted by Crippen LogP contribution is 2.23. The van der Waals surface area contributed by atoms with Crippen molar-refractivity contribution in [2.24, 2.45) is 0 Å². The van der Waals surface area contributed by atoms with Gasteiger partial charge in [0.25, 0.3) is 0 Å². The van der Waals surface area contributed by atoms with Crippen LogP contribution in [0, 0.1) is 0 Å². The van der Waals surface area contributed by atoms with Gasteiger partial charge < -0.3 is 23.7 Å². The molecule has 2 aliphatic rings. The Balaban J connectivity index is 1.45. The minimum Gasteiger partial charge on any atom is -0.491 e. The third-order valence-electron chi connectivity index (χ3n) is 3.64. The van der Waals surface area contributed by atoms with E-state index in [4.69, 9.17) is 23.7 Å². The van der Waals surface area contributed by atoms with Crippen molar-refractivity contribution in [1.82, 2.24) is 0 Å². The number of hydrogen-bond donors (Lipinski definition) is 0. The molecule has 6 heteroatoms. The quantitative estimate of drug-likeness (QED) is 0.767. The van der Waals surface area contributed by atoms with Crippen molar-refractivity contribution < 1.29 is 23.7 Å². The molecule has 2 aliphatic heterocycles. The van der Waals surface area contributed by atoms with E-state index in [0.717, 1.165) is 10.2 Å². The third-order valence-corrected chi connectivity index (χ3v) is 4.17. The lowest BCUT2D eigenvalue weighted by molar-refractivity contribution is -0.235. The van der Waals surface area contributed by atoms with Crippen molar-refractivity contribution in [3.63, 3.8) is 0 Å². The van der Waals surface area contributed by atoms with Crippen LogP contribution < -0.4 is 4.74 Å². The SMILES string of the molecule is C[C@@]1(COC2COC2)COCC(COc2ccc(Br)cc2)O1. The molecule has 22 heavy (non-hydrogen) atoms. The Morgan fingerprint density at radius 1 is 1.18 bits per heavy atom. The first-order chi connectivity index (χ1) is 10.6. The Bertz CT molecular complexity index is 476. The van der Waals surface area contributed by atoms with E-state index in [0.29, 0.717) is 39.6 Å². The second-order valence-electron chi connectivity index (χ2n) is 5.94. The van der Waals surface area contributed by atoms with Gasteiger partial charge in [0.1, 0.15) is 30.2 Å². The van der Waals surface area contributed by atoms with Gasteiger partial charge in [0.15, 0.2) is 0 Å². The van der Waals surface area contributed by atoms with Gasteiger partial charge in [0, 0.05) is 4.47 Å². The summed E-state index contributed by atoms with van der Waals surface area (Å²) in [5.74, 6) is 0.821. The van der Waals surface area contributed by atoms with Gasteiger partial charge in [0.05, 0.1) is 33.0 Å². The molecular weight excluding hydrogens is 352 g/mol. The van der Waals surface area contributed by atoms with E-state index < -0.39 is 5.60 Å². The second kappa shape index (κ2) is 7.27. The number of ether oxygens (including phenoxy) is 5. The van der Waals surface area contributed by atoms with E-state index in [1.165, 1.54) is 0 Å². The van der Waals surface area contributed by atoms with E-state index in [2.05, 4.69) is 15.9 Å². The van der Waals surface area contributed by atoms with E-state index in [1.807, 2.05) is 31.2 Å². The third kappa shape index (κ3) is 4.43. The van der Waals surface area contributed by atoms with Crippen LogP contribution in [0.5, 0.6) is 5.75 Å². The predicted molar refractivity (Wildman–Crippen MR) is 84.3 cm³/mol. The van der Waals surface area contributed by atoms with Crippen LogP contribution >= 0.6 is 15.9 Å². The van der Waals surface area contributed by atoms with Gasteiger partial charge >= 0.3 is 0 Å². The minimum absolute atomic E-state index is 0.0939. The van der Waals surface area contributed by atoms with Crippen LogP contribution in [-0.2, 0) is 18.9 Å². The monoisotopic (exact) mass is 372 g/mol. The van der Waals surface area contributed by atoms with Crippen LogP contribution in [-0.4, -0.2) is 57.5 Å². The highest BCUT2D eigenvalue weighted by Gasteiger charge is 2.36. The fourth-order valence-corrected chi connectivity index (χ4v) is 2.62. The second-order valence-corrected chi connectivity index (χ2v) is 6.86. The fourth-order valence-electron chi connectivity index (χ4n) is 2.36. The summed E-state index contributed by atoms with van der Waals surface area (Å²) >= 11 is 3.40. The van der Waals surface area contributed by atoms with Crippen LogP contribution in [0.4, 0.5) is 0 Å². The summed E-state index contributed by atoms with van der Waals surface area (Å²) < 4.78 is 29.4. The Morgan fingerprint density at radius 3 is 2.64 bits per heavy atom. The molecule has 0 amide bonds. The normalized spacial score (nSPS) is 29.1. The van der Waals surface area contributed by atoms with Crippen LogP contribution in [0.15, 0.2) is 28.7 Å². The Labute approximate surface area is 139 Å². The smallest absolute Gasteiger partial charge is 0.119 e. The summed E-state index contributed by atoms with van der Waals surface area (Å²) in [6.45, 7) is 5.41. The van der Waals surface area contributed by atoms with E-state index in [1.54, 1.807) is 0 Å². The lowest BCUT2D eigenvalue weighted by Gasteiger charge is -2.39. The summed E-state index contributed by atoms with van der Waals surface area (Å²) in [6.07, 6.45) is 0.100. The van der Waals surface area contributed by atoms with Gasteiger partial charge in [-0.15, -0.1) is 0 Å². The number of benzene rings is 1. The van der Waals surface area contributed by atoms with Gasteiger partial charge in [-0.3, -0.25) is 0 Å². The molecule has 1 unspecified atom stereocenters.